The van der Waals surface area contributed by atoms with Crippen LogP contribution in [0.2, 0.25) is 0 Å². The summed E-state index contributed by atoms with van der Waals surface area (Å²) in [6.07, 6.45) is 3.13. The molecular weight excluding hydrogens is 330 g/mol. The maximum Gasteiger partial charge on any atom is 0.334 e. The highest BCUT2D eigenvalue weighted by atomic mass is 16.7. The first kappa shape index (κ1) is 18.0. The molecule has 1 aliphatic rings. The second-order valence-corrected chi connectivity index (χ2v) is 6.81. The van der Waals surface area contributed by atoms with Gasteiger partial charge in [-0.05, 0) is 63.3 Å². The Morgan fingerprint density at radius 3 is 2.50 bits per heavy atom. The zero-order valence-electron chi connectivity index (χ0n) is 15.6. The zero-order valence-corrected chi connectivity index (χ0v) is 15.6. The summed E-state index contributed by atoms with van der Waals surface area (Å²) in [6.45, 7) is 7.56. The van der Waals surface area contributed by atoms with Crippen LogP contribution in [0.3, 0.4) is 0 Å². The molecule has 136 valence electrons. The van der Waals surface area contributed by atoms with Crippen LogP contribution in [0.15, 0.2) is 12.1 Å². The molecule has 1 aromatic carbocycles. The summed E-state index contributed by atoms with van der Waals surface area (Å²) in [5.41, 5.74) is 3.90. The van der Waals surface area contributed by atoms with Gasteiger partial charge in [0.15, 0.2) is 5.75 Å². The van der Waals surface area contributed by atoms with Crippen molar-refractivity contribution in [2.45, 2.75) is 59.3 Å². The van der Waals surface area contributed by atoms with Gasteiger partial charge in [-0.1, -0.05) is 11.8 Å². The highest BCUT2D eigenvalue weighted by Crippen LogP contribution is 2.46. The second-order valence-electron chi connectivity index (χ2n) is 6.81. The number of carbonyl (C=O) groups is 1. The molecule has 1 saturated carbocycles. The van der Waals surface area contributed by atoms with Gasteiger partial charge in [-0.15, -0.1) is 5.10 Å². The van der Waals surface area contributed by atoms with E-state index in [2.05, 4.69) is 11.2 Å². The van der Waals surface area contributed by atoms with Gasteiger partial charge in [0.1, 0.15) is 17.1 Å². The average molecular weight is 353 g/mol. The molecule has 1 fully saturated rings. The van der Waals surface area contributed by atoms with E-state index in [1.54, 1.807) is 0 Å². The Kier molecular flexibility index (Phi) is 4.99. The molecule has 0 spiro atoms. The molecular formula is C20H23N3O3. The van der Waals surface area contributed by atoms with Crippen molar-refractivity contribution in [1.29, 1.82) is 5.26 Å². The van der Waals surface area contributed by atoms with E-state index in [0.717, 1.165) is 36.1 Å². The number of carbonyl (C=O) groups excluding carboxylic acids is 1. The van der Waals surface area contributed by atoms with Gasteiger partial charge in [-0.25, -0.2) is 4.79 Å². The minimum Gasteiger partial charge on any atom is -0.453 e. The Morgan fingerprint density at radius 2 is 1.96 bits per heavy atom. The van der Waals surface area contributed by atoms with Crippen LogP contribution in [0.1, 0.15) is 66.6 Å². The van der Waals surface area contributed by atoms with Crippen LogP contribution in [-0.4, -0.2) is 15.9 Å². The number of nitriles is 1. The summed E-state index contributed by atoms with van der Waals surface area (Å²) in [5, 5.41) is 13.6. The van der Waals surface area contributed by atoms with Gasteiger partial charge in [0.05, 0.1) is 11.6 Å². The molecule has 0 saturated heterocycles. The van der Waals surface area contributed by atoms with E-state index in [1.165, 1.54) is 4.85 Å². The van der Waals surface area contributed by atoms with Gasteiger partial charge in [0.25, 0.3) is 0 Å². The molecule has 0 N–H and O–H groups in total. The lowest BCUT2D eigenvalue weighted by molar-refractivity contribution is -0.146. The first-order chi connectivity index (χ1) is 12.4. The number of benzene rings is 1. The molecule has 26 heavy (non-hydrogen) atoms. The molecule has 0 radical (unpaired) electrons. The molecule has 1 aromatic heterocycles. The van der Waals surface area contributed by atoms with Gasteiger partial charge in [-0.3, -0.25) is 0 Å². The standard InChI is InChI=1S/C20H23N3O3/c1-5-6-18(24)26-23-19(15-7-8-15)20(14(4)22-23)25-16-9-12(2)17(11-21)13(3)10-16/h9-10,15H,5-8H2,1-4H3. The second kappa shape index (κ2) is 7.20. The first-order valence-corrected chi connectivity index (χ1v) is 8.94. The molecule has 2 aromatic rings. The van der Waals surface area contributed by atoms with Crippen molar-refractivity contribution in [3.8, 4) is 17.6 Å². The van der Waals surface area contributed by atoms with Crippen molar-refractivity contribution in [1.82, 2.24) is 9.94 Å². The van der Waals surface area contributed by atoms with Crippen LogP contribution in [0.4, 0.5) is 0 Å². The SMILES string of the molecule is CCCC(=O)On1nc(C)c(Oc2cc(C)c(C#N)c(C)c2)c1C1CC1. The quantitative estimate of drug-likeness (QED) is 0.781. The Morgan fingerprint density at radius 1 is 1.31 bits per heavy atom. The Hall–Kier alpha value is -2.81. The highest BCUT2D eigenvalue weighted by Gasteiger charge is 2.34. The van der Waals surface area contributed by atoms with E-state index in [9.17, 15) is 10.1 Å². The fourth-order valence-corrected chi connectivity index (χ4v) is 3.02. The predicted octanol–water partition coefficient (Wildman–Crippen LogP) is 4.11. The van der Waals surface area contributed by atoms with Gasteiger partial charge in [0, 0.05) is 12.3 Å². The minimum atomic E-state index is -0.298. The maximum atomic E-state index is 11.9. The van der Waals surface area contributed by atoms with Gasteiger partial charge < -0.3 is 9.57 Å². The number of aryl methyl sites for hydroxylation is 3. The molecule has 3 rings (SSSR count). The summed E-state index contributed by atoms with van der Waals surface area (Å²) < 4.78 is 6.14. The number of rotatable bonds is 6. The Bertz CT molecular complexity index is 865. The molecule has 0 unspecified atom stereocenters. The van der Waals surface area contributed by atoms with Crippen molar-refractivity contribution in [2.75, 3.05) is 0 Å². The van der Waals surface area contributed by atoms with E-state index in [-0.39, 0.29) is 5.97 Å². The number of nitrogens with zero attached hydrogens (tertiary/aromatic N) is 3. The van der Waals surface area contributed by atoms with Gasteiger partial charge in [0.2, 0.25) is 0 Å². The van der Waals surface area contributed by atoms with Crippen LogP contribution in [0.5, 0.6) is 11.5 Å². The molecule has 6 nitrogen and oxygen atoms in total. The minimum absolute atomic E-state index is 0.293. The van der Waals surface area contributed by atoms with Crippen molar-refractivity contribution in [3.63, 3.8) is 0 Å². The van der Waals surface area contributed by atoms with Crippen molar-refractivity contribution >= 4 is 5.97 Å². The zero-order chi connectivity index (χ0) is 18.8. The molecule has 0 atom stereocenters. The Balaban J connectivity index is 1.94. The Labute approximate surface area is 153 Å². The maximum absolute atomic E-state index is 11.9. The van der Waals surface area contributed by atoms with Crippen LogP contribution in [0.25, 0.3) is 0 Å². The van der Waals surface area contributed by atoms with Crippen LogP contribution >= 0.6 is 0 Å². The highest BCUT2D eigenvalue weighted by molar-refractivity contribution is 5.69. The lowest BCUT2D eigenvalue weighted by Gasteiger charge is -2.11. The lowest BCUT2D eigenvalue weighted by Crippen LogP contribution is -2.22. The van der Waals surface area contributed by atoms with Crippen molar-refractivity contribution in [3.05, 3.63) is 40.2 Å². The van der Waals surface area contributed by atoms with Crippen molar-refractivity contribution < 1.29 is 14.4 Å². The third kappa shape index (κ3) is 3.57. The number of ether oxygens (including phenoxy) is 1. The molecule has 1 heterocycles. The summed E-state index contributed by atoms with van der Waals surface area (Å²) in [4.78, 5) is 18.6. The predicted molar refractivity (Wildman–Crippen MR) is 96.1 cm³/mol. The first-order valence-electron chi connectivity index (χ1n) is 8.94. The van der Waals surface area contributed by atoms with Crippen LogP contribution in [-0.2, 0) is 4.79 Å². The molecule has 0 aliphatic heterocycles. The normalized spacial score (nSPS) is 13.3. The van der Waals surface area contributed by atoms with E-state index in [1.807, 2.05) is 39.8 Å². The van der Waals surface area contributed by atoms with Gasteiger partial charge in [-0.2, -0.15) is 5.26 Å². The monoisotopic (exact) mass is 353 g/mol. The van der Waals surface area contributed by atoms with E-state index in [0.29, 0.717) is 35.1 Å². The fourth-order valence-electron chi connectivity index (χ4n) is 3.02. The summed E-state index contributed by atoms with van der Waals surface area (Å²) in [5.74, 6) is 1.29. The largest absolute Gasteiger partial charge is 0.453 e. The number of hydrogen-bond acceptors (Lipinski definition) is 5. The number of hydrogen-bond donors (Lipinski definition) is 0. The average Bonchev–Trinajstić information content (AvgIpc) is 3.34. The van der Waals surface area contributed by atoms with E-state index >= 15 is 0 Å². The van der Waals surface area contributed by atoms with Crippen LogP contribution in [0, 0.1) is 32.1 Å². The molecule has 1 aliphatic carbocycles. The molecule has 0 amide bonds. The topological polar surface area (TPSA) is 77.1 Å². The van der Waals surface area contributed by atoms with E-state index in [4.69, 9.17) is 9.57 Å². The summed E-state index contributed by atoms with van der Waals surface area (Å²) in [6, 6.07) is 5.91. The molecule has 6 heteroatoms. The van der Waals surface area contributed by atoms with Crippen LogP contribution < -0.4 is 9.57 Å². The smallest absolute Gasteiger partial charge is 0.334 e. The summed E-state index contributed by atoms with van der Waals surface area (Å²) in [7, 11) is 0. The third-order valence-corrected chi connectivity index (χ3v) is 4.45. The third-order valence-electron chi connectivity index (χ3n) is 4.45. The van der Waals surface area contributed by atoms with Gasteiger partial charge >= 0.3 is 5.97 Å². The molecule has 0 bridgehead atoms. The summed E-state index contributed by atoms with van der Waals surface area (Å²) >= 11 is 0. The van der Waals surface area contributed by atoms with E-state index < -0.39 is 0 Å². The number of aromatic nitrogens is 2. The fraction of sp³-hybridized carbons (Fsp3) is 0.450. The van der Waals surface area contributed by atoms with Crippen molar-refractivity contribution in [2.24, 2.45) is 0 Å². The lowest BCUT2D eigenvalue weighted by atomic mass is 10.0.